The highest BCUT2D eigenvalue weighted by Gasteiger charge is 2.54. The molecule has 5 rings (SSSR count). The molecular formula is C28H24N2O6S. The molecule has 3 aromatic carbocycles. The van der Waals surface area contributed by atoms with Crippen LogP contribution < -0.4 is 5.32 Å². The summed E-state index contributed by atoms with van der Waals surface area (Å²) in [6.45, 7) is -0.403. The van der Waals surface area contributed by atoms with Crippen LogP contribution in [0, 0.1) is 0 Å². The first-order valence-corrected chi connectivity index (χ1v) is 12.7. The molecule has 2 heterocycles. The number of phenolic OH excluding ortho intramolecular Hbond substituents is 1. The van der Waals surface area contributed by atoms with Crippen molar-refractivity contribution in [3.63, 3.8) is 0 Å². The largest absolute Gasteiger partial charge is 0.508 e. The Kier molecular flexibility index (Phi) is 6.98. The molecule has 0 unspecified atom stereocenters. The Labute approximate surface area is 217 Å². The van der Waals surface area contributed by atoms with Gasteiger partial charge in [-0.1, -0.05) is 60.7 Å². The number of phenols is 1. The first kappa shape index (κ1) is 24.6. The third-order valence-corrected chi connectivity index (χ3v) is 7.62. The van der Waals surface area contributed by atoms with E-state index >= 15 is 0 Å². The topological polar surface area (TPSA) is 116 Å². The zero-order valence-corrected chi connectivity index (χ0v) is 20.4. The Bertz CT molecular complexity index is 1300. The lowest BCUT2D eigenvalue weighted by Gasteiger charge is -2.49. The molecule has 0 saturated carbocycles. The Morgan fingerprint density at radius 1 is 0.973 bits per heavy atom. The van der Waals surface area contributed by atoms with E-state index in [1.54, 1.807) is 0 Å². The van der Waals surface area contributed by atoms with Crippen molar-refractivity contribution in [2.75, 3.05) is 12.4 Å². The van der Waals surface area contributed by atoms with Gasteiger partial charge in [-0.25, -0.2) is 4.79 Å². The highest BCUT2D eigenvalue weighted by Crippen LogP contribution is 2.41. The second-order valence-electron chi connectivity index (χ2n) is 8.62. The van der Waals surface area contributed by atoms with Crippen LogP contribution in [0.2, 0.25) is 0 Å². The quantitative estimate of drug-likeness (QED) is 0.327. The number of nitrogens with zero attached hydrogens (tertiary/aromatic N) is 1. The van der Waals surface area contributed by atoms with Gasteiger partial charge >= 0.3 is 5.97 Å². The predicted molar refractivity (Wildman–Crippen MR) is 137 cm³/mol. The van der Waals surface area contributed by atoms with Crippen molar-refractivity contribution < 1.29 is 29.3 Å². The number of β-lactam (4-membered cyclic amide) rings is 1. The zero-order chi connectivity index (χ0) is 25.9. The molecule has 2 atom stereocenters. The first-order valence-electron chi connectivity index (χ1n) is 11.7. The highest BCUT2D eigenvalue weighted by atomic mass is 32.2. The molecule has 8 nitrogen and oxygen atoms in total. The van der Waals surface area contributed by atoms with E-state index in [0.717, 1.165) is 11.1 Å². The van der Waals surface area contributed by atoms with Gasteiger partial charge in [0.2, 0.25) is 0 Å². The van der Waals surface area contributed by atoms with E-state index < -0.39 is 41.9 Å². The minimum atomic E-state index is -0.839. The average Bonchev–Trinajstić information content (AvgIpc) is 2.94. The second-order valence-corrected chi connectivity index (χ2v) is 9.73. The molecule has 0 aliphatic carbocycles. The molecule has 2 aliphatic heterocycles. The van der Waals surface area contributed by atoms with Gasteiger partial charge in [0, 0.05) is 11.3 Å². The Morgan fingerprint density at radius 2 is 1.57 bits per heavy atom. The van der Waals surface area contributed by atoms with Gasteiger partial charge in [0.1, 0.15) is 22.9 Å². The van der Waals surface area contributed by atoms with Gasteiger partial charge in [-0.15, -0.1) is 11.8 Å². The average molecular weight is 517 g/mol. The van der Waals surface area contributed by atoms with Crippen molar-refractivity contribution in [1.82, 2.24) is 10.2 Å². The zero-order valence-electron chi connectivity index (χ0n) is 19.6. The van der Waals surface area contributed by atoms with Gasteiger partial charge in [-0.2, -0.15) is 0 Å². The summed E-state index contributed by atoms with van der Waals surface area (Å²) < 4.78 is 5.97. The van der Waals surface area contributed by atoms with Crippen LogP contribution in [0.25, 0.3) is 0 Å². The molecule has 0 spiro atoms. The number of thioether (sulfide) groups is 1. The lowest BCUT2D eigenvalue weighted by Crippen LogP contribution is -2.70. The van der Waals surface area contributed by atoms with Crippen LogP contribution in [0.3, 0.4) is 0 Å². The molecule has 2 aliphatic rings. The van der Waals surface area contributed by atoms with Crippen LogP contribution in [0.4, 0.5) is 0 Å². The summed E-state index contributed by atoms with van der Waals surface area (Å²) in [4.78, 5) is 40.7. The Hall–Kier alpha value is -4.08. The second kappa shape index (κ2) is 10.5. The first-order chi connectivity index (χ1) is 18.0. The summed E-state index contributed by atoms with van der Waals surface area (Å²) in [6.07, 6.45) is -0.711. The van der Waals surface area contributed by atoms with Crippen molar-refractivity contribution in [2.45, 2.75) is 17.5 Å². The van der Waals surface area contributed by atoms with Crippen molar-refractivity contribution >= 4 is 29.5 Å². The van der Waals surface area contributed by atoms with Crippen LogP contribution in [0.1, 0.15) is 27.6 Å². The van der Waals surface area contributed by atoms with Crippen molar-refractivity contribution in [2.24, 2.45) is 0 Å². The summed E-state index contributed by atoms with van der Waals surface area (Å²) in [7, 11) is 0. The number of esters is 1. The van der Waals surface area contributed by atoms with Gasteiger partial charge in [-0.3, -0.25) is 14.5 Å². The van der Waals surface area contributed by atoms with Gasteiger partial charge in [0.05, 0.1) is 6.61 Å². The number of aliphatic hydroxyl groups is 1. The van der Waals surface area contributed by atoms with Crippen LogP contribution in [-0.2, 0) is 14.3 Å². The summed E-state index contributed by atoms with van der Waals surface area (Å²) in [5, 5.41) is 21.6. The Morgan fingerprint density at radius 3 is 2.14 bits per heavy atom. The van der Waals surface area contributed by atoms with Crippen molar-refractivity contribution in [3.8, 4) is 5.75 Å². The number of benzene rings is 3. The van der Waals surface area contributed by atoms with Crippen LogP contribution in [0.15, 0.2) is 96.2 Å². The normalized spacial score (nSPS) is 18.8. The maximum absolute atomic E-state index is 13.5. The molecule has 0 aromatic heterocycles. The van der Waals surface area contributed by atoms with Gasteiger partial charge in [0.15, 0.2) is 6.10 Å². The third-order valence-electron chi connectivity index (χ3n) is 6.28. The summed E-state index contributed by atoms with van der Waals surface area (Å²) in [5.41, 5.74) is 2.24. The maximum Gasteiger partial charge on any atom is 0.356 e. The fourth-order valence-electron chi connectivity index (χ4n) is 4.38. The van der Waals surface area contributed by atoms with Crippen molar-refractivity contribution in [1.29, 1.82) is 0 Å². The fraction of sp³-hybridized carbons (Fsp3) is 0.179. The molecule has 1 saturated heterocycles. The van der Waals surface area contributed by atoms with E-state index in [0.29, 0.717) is 16.9 Å². The summed E-state index contributed by atoms with van der Waals surface area (Å²) in [6, 6.07) is 23.4. The molecule has 3 aromatic rings. The number of rotatable bonds is 7. The van der Waals surface area contributed by atoms with E-state index in [1.165, 1.54) is 40.9 Å². The van der Waals surface area contributed by atoms with Gasteiger partial charge < -0.3 is 20.3 Å². The lowest BCUT2D eigenvalue weighted by atomic mass is 10.0. The van der Waals surface area contributed by atoms with E-state index in [4.69, 9.17) is 4.74 Å². The molecule has 188 valence electrons. The predicted octanol–water partition coefficient (Wildman–Crippen LogP) is 2.98. The van der Waals surface area contributed by atoms with Crippen LogP contribution >= 0.6 is 11.8 Å². The third kappa shape index (κ3) is 4.83. The van der Waals surface area contributed by atoms with E-state index in [-0.39, 0.29) is 11.4 Å². The fourth-order valence-corrected chi connectivity index (χ4v) is 5.71. The monoisotopic (exact) mass is 516 g/mol. The molecular weight excluding hydrogens is 492 g/mol. The number of carbonyl (C=O) groups is 3. The summed E-state index contributed by atoms with van der Waals surface area (Å²) in [5.74, 6) is -1.31. The summed E-state index contributed by atoms with van der Waals surface area (Å²) >= 11 is 1.35. The standard InChI is InChI=1S/C28H24N2O6S/c31-15-20-16-37-27-22(29-25(33)19-11-13-21(32)14-12-19)26(34)30(27)23(20)28(35)36-24(17-7-3-1-4-8-17)18-9-5-2-6-10-18/h1-14,22,24,27,31-32H,15-16H2,(H,29,33)/t22-,27-/m0/s1. The molecule has 9 heteroatoms. The number of aromatic hydroxyl groups is 1. The number of amides is 2. The molecule has 2 amide bonds. The van der Waals surface area contributed by atoms with E-state index in [1.807, 2.05) is 60.7 Å². The molecule has 0 bridgehead atoms. The number of fused-ring (bicyclic) bond motifs is 1. The van der Waals surface area contributed by atoms with Gasteiger partial charge in [-0.05, 0) is 41.0 Å². The number of nitrogens with one attached hydrogen (secondary N) is 1. The van der Waals surface area contributed by atoms with E-state index in [2.05, 4.69) is 5.32 Å². The van der Waals surface area contributed by atoms with Crippen LogP contribution in [-0.4, -0.2) is 56.7 Å². The number of hydrogen-bond donors (Lipinski definition) is 3. The lowest BCUT2D eigenvalue weighted by molar-refractivity contribution is -0.153. The van der Waals surface area contributed by atoms with E-state index in [9.17, 15) is 24.6 Å². The maximum atomic E-state index is 13.5. The highest BCUT2D eigenvalue weighted by molar-refractivity contribution is 8.00. The SMILES string of the molecule is O=C(OC(c1ccccc1)c1ccccc1)C1=C(CO)CS[C@H]2[C@@H](NC(=O)c3ccc(O)cc3)C(=O)N12. The Balaban J connectivity index is 1.38. The minimum Gasteiger partial charge on any atom is -0.508 e. The molecule has 37 heavy (non-hydrogen) atoms. The minimum absolute atomic E-state index is 0.0169. The smallest absolute Gasteiger partial charge is 0.356 e. The van der Waals surface area contributed by atoms with Crippen LogP contribution in [0.5, 0.6) is 5.75 Å². The number of ether oxygens (including phenoxy) is 1. The molecule has 3 N–H and O–H groups in total. The number of hydrogen-bond acceptors (Lipinski definition) is 7. The molecule has 1 fully saturated rings. The number of aliphatic hydroxyl groups excluding tert-OH is 1. The molecule has 0 radical (unpaired) electrons. The van der Waals surface area contributed by atoms with Crippen molar-refractivity contribution in [3.05, 3.63) is 113 Å². The number of carbonyl (C=O) groups excluding carboxylic acids is 3. The van der Waals surface area contributed by atoms with Gasteiger partial charge in [0.25, 0.3) is 11.8 Å².